The van der Waals surface area contributed by atoms with E-state index in [2.05, 4.69) is 0 Å². The number of hydrogen-bond donors (Lipinski definition) is 1. The molecule has 0 aliphatic carbocycles. The quantitative estimate of drug-likeness (QED) is 0.720. The molecule has 0 amide bonds. The number of ether oxygens (including phenoxy) is 3. The second-order valence-corrected chi connectivity index (χ2v) is 5.50. The molecule has 1 aromatic heterocycles. The van der Waals surface area contributed by atoms with Crippen LogP contribution in [0.3, 0.4) is 0 Å². The Bertz CT molecular complexity index is 972. The molecule has 3 rings (SSSR count). The van der Waals surface area contributed by atoms with Gasteiger partial charge in [0.25, 0.3) is 0 Å². The maximum Gasteiger partial charge on any atom is 0.204 e. The highest BCUT2D eigenvalue weighted by Gasteiger charge is 2.20. The Hall–Kier alpha value is -3.15. The van der Waals surface area contributed by atoms with Crippen LogP contribution in [0.15, 0.2) is 45.8 Å². The maximum atomic E-state index is 13.0. The van der Waals surface area contributed by atoms with E-state index in [0.717, 1.165) is 0 Å². The normalized spacial score (nSPS) is 10.7. The third-order valence-corrected chi connectivity index (χ3v) is 3.94. The van der Waals surface area contributed by atoms with Gasteiger partial charge in [-0.2, -0.15) is 0 Å². The summed E-state index contributed by atoms with van der Waals surface area (Å²) in [5.74, 6) is 0.842. The smallest absolute Gasteiger partial charge is 0.204 e. The van der Waals surface area contributed by atoms with Crippen LogP contribution >= 0.6 is 0 Å². The standard InChI is InChI=1S/C20H20O6/c1-4-24-13-8-6-12(7-9-13)14-11-26-15-10-16(25-5-2)20(23-3)19(22)17(15)18(14)21/h6-11,22H,4-5H2,1-3H3. The van der Waals surface area contributed by atoms with Crippen molar-refractivity contribution in [1.82, 2.24) is 0 Å². The van der Waals surface area contributed by atoms with Crippen LogP contribution < -0.4 is 19.6 Å². The third-order valence-electron chi connectivity index (χ3n) is 3.94. The number of hydrogen-bond acceptors (Lipinski definition) is 6. The van der Waals surface area contributed by atoms with E-state index in [4.69, 9.17) is 18.6 Å². The number of rotatable bonds is 6. The van der Waals surface area contributed by atoms with Crippen molar-refractivity contribution in [3.8, 4) is 34.1 Å². The number of fused-ring (bicyclic) bond motifs is 1. The molecule has 0 aliphatic heterocycles. The molecule has 0 spiro atoms. The van der Waals surface area contributed by atoms with E-state index in [0.29, 0.717) is 35.8 Å². The Morgan fingerprint density at radius 2 is 1.77 bits per heavy atom. The molecule has 0 fully saturated rings. The molecule has 1 heterocycles. The first-order valence-electron chi connectivity index (χ1n) is 8.32. The largest absolute Gasteiger partial charge is 0.504 e. The fraction of sp³-hybridized carbons (Fsp3) is 0.250. The van der Waals surface area contributed by atoms with E-state index in [1.807, 2.05) is 13.8 Å². The van der Waals surface area contributed by atoms with Gasteiger partial charge in [-0.15, -0.1) is 0 Å². The summed E-state index contributed by atoms with van der Waals surface area (Å²) >= 11 is 0. The number of phenols is 1. The van der Waals surface area contributed by atoms with Crippen LogP contribution in [0, 0.1) is 0 Å². The van der Waals surface area contributed by atoms with Crippen LogP contribution in [0.2, 0.25) is 0 Å². The van der Waals surface area contributed by atoms with Gasteiger partial charge in [0, 0.05) is 6.07 Å². The van der Waals surface area contributed by atoms with Gasteiger partial charge >= 0.3 is 0 Å². The topological polar surface area (TPSA) is 78.1 Å². The van der Waals surface area contributed by atoms with Crippen LogP contribution in [0.1, 0.15) is 13.8 Å². The second kappa shape index (κ2) is 7.39. The van der Waals surface area contributed by atoms with Gasteiger partial charge in [0.15, 0.2) is 11.5 Å². The van der Waals surface area contributed by atoms with Crippen molar-refractivity contribution in [3.05, 3.63) is 46.8 Å². The minimum Gasteiger partial charge on any atom is -0.504 e. The first-order chi connectivity index (χ1) is 12.6. The molecule has 0 bridgehead atoms. The molecule has 136 valence electrons. The van der Waals surface area contributed by atoms with Gasteiger partial charge < -0.3 is 23.7 Å². The van der Waals surface area contributed by atoms with Gasteiger partial charge in [0.2, 0.25) is 11.2 Å². The predicted octanol–water partition coefficient (Wildman–Crippen LogP) is 3.97. The first-order valence-corrected chi connectivity index (χ1v) is 8.32. The van der Waals surface area contributed by atoms with Crippen LogP contribution in [-0.4, -0.2) is 25.4 Å². The fourth-order valence-electron chi connectivity index (χ4n) is 2.78. The summed E-state index contributed by atoms with van der Waals surface area (Å²) < 4.78 is 21.7. The Morgan fingerprint density at radius 1 is 1.08 bits per heavy atom. The zero-order valence-corrected chi connectivity index (χ0v) is 14.9. The zero-order chi connectivity index (χ0) is 18.7. The number of methoxy groups -OCH3 is 1. The maximum absolute atomic E-state index is 13.0. The molecule has 3 aromatic rings. The highest BCUT2D eigenvalue weighted by atomic mass is 16.5. The number of aromatic hydroxyl groups is 1. The van der Waals surface area contributed by atoms with Crippen molar-refractivity contribution in [2.75, 3.05) is 20.3 Å². The molecule has 0 saturated heterocycles. The van der Waals surface area contributed by atoms with E-state index < -0.39 is 0 Å². The van der Waals surface area contributed by atoms with Crippen LogP contribution in [0.4, 0.5) is 0 Å². The molecule has 0 aliphatic rings. The molecule has 0 saturated carbocycles. The van der Waals surface area contributed by atoms with Crippen molar-refractivity contribution in [1.29, 1.82) is 0 Å². The molecule has 26 heavy (non-hydrogen) atoms. The molecule has 2 aromatic carbocycles. The van der Waals surface area contributed by atoms with Gasteiger partial charge in [-0.1, -0.05) is 12.1 Å². The lowest BCUT2D eigenvalue weighted by Gasteiger charge is -2.13. The Balaban J connectivity index is 2.17. The minimum absolute atomic E-state index is 0.0525. The average Bonchev–Trinajstić information content (AvgIpc) is 2.63. The highest BCUT2D eigenvalue weighted by Crippen LogP contribution is 2.42. The van der Waals surface area contributed by atoms with Gasteiger partial charge in [0.05, 0.1) is 25.9 Å². The van der Waals surface area contributed by atoms with Gasteiger partial charge in [-0.3, -0.25) is 4.79 Å². The molecule has 6 heteroatoms. The molecule has 6 nitrogen and oxygen atoms in total. The van der Waals surface area contributed by atoms with Crippen LogP contribution in [0.5, 0.6) is 23.0 Å². The first kappa shape index (κ1) is 17.7. The van der Waals surface area contributed by atoms with Gasteiger partial charge in [-0.25, -0.2) is 0 Å². The van der Waals surface area contributed by atoms with Crippen molar-refractivity contribution in [2.24, 2.45) is 0 Å². The summed E-state index contributed by atoms with van der Waals surface area (Å²) in [5, 5.41) is 10.6. The summed E-state index contributed by atoms with van der Waals surface area (Å²) in [6.45, 7) is 4.66. The minimum atomic E-state index is -0.353. The Labute approximate surface area is 150 Å². The monoisotopic (exact) mass is 356 g/mol. The van der Waals surface area contributed by atoms with Crippen molar-refractivity contribution >= 4 is 11.0 Å². The number of benzene rings is 2. The van der Waals surface area contributed by atoms with Crippen molar-refractivity contribution in [3.63, 3.8) is 0 Å². The second-order valence-electron chi connectivity index (χ2n) is 5.50. The third kappa shape index (κ3) is 3.06. The molecule has 0 atom stereocenters. The molecular formula is C20H20O6. The summed E-state index contributed by atoms with van der Waals surface area (Å²) in [4.78, 5) is 13.0. The summed E-state index contributed by atoms with van der Waals surface area (Å²) in [6, 6.07) is 8.64. The highest BCUT2D eigenvalue weighted by molar-refractivity contribution is 5.91. The Kier molecular flexibility index (Phi) is 5.02. The van der Waals surface area contributed by atoms with Crippen LogP contribution in [-0.2, 0) is 0 Å². The molecule has 0 unspecified atom stereocenters. The molecule has 1 N–H and O–H groups in total. The van der Waals surface area contributed by atoms with E-state index in [9.17, 15) is 9.90 Å². The lowest BCUT2D eigenvalue weighted by molar-refractivity contribution is 0.301. The van der Waals surface area contributed by atoms with Crippen molar-refractivity contribution in [2.45, 2.75) is 13.8 Å². The van der Waals surface area contributed by atoms with Crippen LogP contribution in [0.25, 0.3) is 22.1 Å². The van der Waals surface area contributed by atoms with Crippen molar-refractivity contribution < 1.29 is 23.7 Å². The van der Waals surface area contributed by atoms with E-state index in [-0.39, 0.29) is 27.9 Å². The summed E-state index contributed by atoms with van der Waals surface area (Å²) in [5.41, 5.74) is 0.874. The van der Waals surface area contributed by atoms with E-state index in [1.54, 1.807) is 30.3 Å². The van der Waals surface area contributed by atoms with E-state index in [1.165, 1.54) is 13.4 Å². The van der Waals surface area contributed by atoms with Gasteiger partial charge in [-0.05, 0) is 31.5 Å². The summed E-state index contributed by atoms with van der Waals surface area (Å²) in [7, 11) is 1.40. The summed E-state index contributed by atoms with van der Waals surface area (Å²) in [6.07, 6.45) is 1.38. The predicted molar refractivity (Wildman–Crippen MR) is 98.5 cm³/mol. The average molecular weight is 356 g/mol. The van der Waals surface area contributed by atoms with Gasteiger partial charge in [0.1, 0.15) is 23.0 Å². The zero-order valence-electron chi connectivity index (χ0n) is 14.9. The lowest BCUT2D eigenvalue weighted by Crippen LogP contribution is -2.06. The molecule has 0 radical (unpaired) electrons. The van der Waals surface area contributed by atoms with E-state index >= 15 is 0 Å². The molecular weight excluding hydrogens is 336 g/mol. The SMILES string of the molecule is CCOc1ccc(-c2coc3cc(OCC)c(OC)c(O)c3c2=O)cc1. The fourth-order valence-corrected chi connectivity index (χ4v) is 2.78. The lowest BCUT2D eigenvalue weighted by atomic mass is 10.0. The number of phenolic OH excluding ortho intramolecular Hbond substituents is 1. The Morgan fingerprint density at radius 3 is 2.38 bits per heavy atom.